The maximum atomic E-state index is 2.29. The zero-order chi connectivity index (χ0) is 30.0. The SMILES string of the molecule is C(=C\c1ccc2cc3ccccc3cc2c1)/c1ccc([Se]c2ccc(/C=C/c3ccc4cc5ccccc5cc4c3)cc2)cc1. The molecule has 0 amide bonds. The molecule has 0 radical (unpaired) electrons. The van der Waals surface area contributed by atoms with E-state index in [1.807, 2.05) is 0 Å². The van der Waals surface area contributed by atoms with Gasteiger partial charge in [-0.25, -0.2) is 0 Å². The fourth-order valence-electron chi connectivity index (χ4n) is 5.94. The summed E-state index contributed by atoms with van der Waals surface area (Å²) in [5.74, 6) is 0. The third-order valence-corrected chi connectivity index (χ3v) is 10.5. The minimum absolute atomic E-state index is 0.271. The van der Waals surface area contributed by atoms with E-state index in [0.29, 0.717) is 0 Å². The minimum atomic E-state index is 0.271. The van der Waals surface area contributed by atoms with Crippen molar-refractivity contribution in [1.29, 1.82) is 0 Å². The van der Waals surface area contributed by atoms with Gasteiger partial charge in [0.25, 0.3) is 0 Å². The van der Waals surface area contributed by atoms with Crippen LogP contribution in [0.15, 0.2) is 158 Å². The van der Waals surface area contributed by atoms with Crippen molar-refractivity contribution in [3.05, 3.63) is 180 Å². The Kier molecular flexibility index (Phi) is 7.33. The molecule has 45 heavy (non-hydrogen) atoms. The summed E-state index contributed by atoms with van der Waals surface area (Å²) in [5.41, 5.74) is 4.87. The van der Waals surface area contributed by atoms with Crippen LogP contribution in [-0.2, 0) is 0 Å². The standard InChI is InChI=1S/C44H30Se/c1-3-7-37-29-41-25-33(13-19-39(41)27-35(37)5-1)11-9-31-15-21-43(22-16-31)45-44-23-17-32(18-24-44)10-12-34-14-20-40-28-36-6-2-4-8-38(36)30-42(40)26-34/h1-30H/b11-9+,12-10+. The van der Waals surface area contributed by atoms with Gasteiger partial charge in [0.1, 0.15) is 0 Å². The molecule has 0 aliphatic carbocycles. The summed E-state index contributed by atoms with van der Waals surface area (Å²) in [6.07, 6.45) is 8.83. The van der Waals surface area contributed by atoms with E-state index in [0.717, 1.165) is 0 Å². The molecule has 0 spiro atoms. The summed E-state index contributed by atoms with van der Waals surface area (Å²) in [5, 5.41) is 10.2. The number of benzene rings is 8. The van der Waals surface area contributed by atoms with E-state index in [2.05, 4.69) is 182 Å². The van der Waals surface area contributed by atoms with Gasteiger partial charge in [-0.2, -0.15) is 0 Å². The molecule has 1 heteroatoms. The molecular weight excluding hydrogens is 607 g/mol. The predicted octanol–water partition coefficient (Wildman–Crippen LogP) is 10.3. The van der Waals surface area contributed by atoms with Gasteiger partial charge in [0.05, 0.1) is 0 Å². The first-order chi connectivity index (χ1) is 22.2. The molecule has 0 saturated heterocycles. The second kappa shape index (κ2) is 12.1. The zero-order valence-electron chi connectivity index (χ0n) is 24.7. The van der Waals surface area contributed by atoms with E-state index < -0.39 is 0 Å². The van der Waals surface area contributed by atoms with Crippen LogP contribution in [0.4, 0.5) is 0 Å². The summed E-state index contributed by atoms with van der Waals surface area (Å²) in [6.45, 7) is 0. The molecule has 0 unspecified atom stereocenters. The first-order valence-corrected chi connectivity index (χ1v) is 17.0. The average Bonchev–Trinajstić information content (AvgIpc) is 3.09. The Balaban J connectivity index is 0.915. The maximum absolute atomic E-state index is 2.29. The van der Waals surface area contributed by atoms with Crippen LogP contribution >= 0.6 is 0 Å². The van der Waals surface area contributed by atoms with Gasteiger partial charge in [0.15, 0.2) is 0 Å². The Labute approximate surface area is 270 Å². The van der Waals surface area contributed by atoms with Crippen LogP contribution in [0.3, 0.4) is 0 Å². The van der Waals surface area contributed by atoms with Gasteiger partial charge in [0, 0.05) is 0 Å². The Morgan fingerprint density at radius 2 is 0.578 bits per heavy atom. The molecule has 0 aliphatic heterocycles. The van der Waals surface area contributed by atoms with Crippen molar-refractivity contribution >= 4 is 91.3 Å². The molecule has 8 aromatic carbocycles. The van der Waals surface area contributed by atoms with Crippen molar-refractivity contribution in [2.45, 2.75) is 0 Å². The monoisotopic (exact) mass is 638 g/mol. The second-order valence-corrected chi connectivity index (χ2v) is 13.9. The van der Waals surface area contributed by atoms with Crippen LogP contribution < -0.4 is 8.92 Å². The molecule has 8 aromatic rings. The Morgan fingerprint density at radius 3 is 0.978 bits per heavy atom. The van der Waals surface area contributed by atoms with Crippen molar-refractivity contribution in [3.8, 4) is 0 Å². The number of rotatable bonds is 6. The van der Waals surface area contributed by atoms with E-state index >= 15 is 0 Å². The fourth-order valence-corrected chi connectivity index (χ4v) is 7.65. The van der Waals surface area contributed by atoms with Crippen molar-refractivity contribution in [3.63, 3.8) is 0 Å². The van der Waals surface area contributed by atoms with E-state index in [-0.39, 0.29) is 15.0 Å². The third kappa shape index (κ3) is 6.10. The summed E-state index contributed by atoms with van der Waals surface area (Å²) < 4.78 is 2.76. The molecule has 0 heterocycles. The first-order valence-electron chi connectivity index (χ1n) is 15.3. The molecule has 0 N–H and O–H groups in total. The van der Waals surface area contributed by atoms with Crippen molar-refractivity contribution in [2.24, 2.45) is 0 Å². The van der Waals surface area contributed by atoms with Gasteiger partial charge in [-0.1, -0.05) is 36.4 Å². The Morgan fingerprint density at radius 1 is 0.267 bits per heavy atom. The molecule has 0 nitrogen and oxygen atoms in total. The van der Waals surface area contributed by atoms with Crippen LogP contribution in [-0.4, -0.2) is 15.0 Å². The van der Waals surface area contributed by atoms with Crippen LogP contribution in [0.5, 0.6) is 0 Å². The number of hydrogen-bond donors (Lipinski definition) is 0. The van der Waals surface area contributed by atoms with E-state index in [4.69, 9.17) is 0 Å². The molecule has 8 rings (SSSR count). The normalized spacial score (nSPS) is 11.9. The van der Waals surface area contributed by atoms with Gasteiger partial charge in [-0.3, -0.25) is 0 Å². The summed E-state index contributed by atoms with van der Waals surface area (Å²) >= 11 is 0.271. The molecule has 212 valence electrons. The number of fused-ring (bicyclic) bond motifs is 4. The van der Waals surface area contributed by atoms with Gasteiger partial charge in [-0.05, 0) is 0 Å². The molecule has 0 aromatic heterocycles. The molecule has 0 bridgehead atoms. The Hall–Kier alpha value is -5.20. The quantitative estimate of drug-likeness (QED) is 0.0967. The van der Waals surface area contributed by atoms with Gasteiger partial charge in [0.2, 0.25) is 0 Å². The average molecular weight is 638 g/mol. The van der Waals surface area contributed by atoms with Crippen LogP contribution in [0, 0.1) is 0 Å². The van der Waals surface area contributed by atoms with Crippen molar-refractivity contribution in [2.75, 3.05) is 0 Å². The Bertz CT molecular complexity index is 2210. The summed E-state index contributed by atoms with van der Waals surface area (Å²) in [4.78, 5) is 0. The van der Waals surface area contributed by atoms with Gasteiger partial charge >= 0.3 is 235 Å². The van der Waals surface area contributed by atoms with E-state index in [1.54, 1.807) is 0 Å². The van der Waals surface area contributed by atoms with Crippen LogP contribution in [0.25, 0.3) is 67.4 Å². The molecule has 0 fully saturated rings. The zero-order valence-corrected chi connectivity index (χ0v) is 26.4. The first kappa shape index (κ1) is 27.4. The van der Waals surface area contributed by atoms with Gasteiger partial charge < -0.3 is 0 Å². The van der Waals surface area contributed by atoms with Crippen molar-refractivity contribution in [1.82, 2.24) is 0 Å². The summed E-state index contributed by atoms with van der Waals surface area (Å²) in [7, 11) is 0. The molecule has 0 saturated carbocycles. The van der Waals surface area contributed by atoms with Crippen LogP contribution in [0.1, 0.15) is 22.3 Å². The second-order valence-electron chi connectivity index (χ2n) is 11.5. The number of hydrogen-bond acceptors (Lipinski definition) is 0. The molecule has 0 aliphatic rings. The molecular formula is C44H30Se. The van der Waals surface area contributed by atoms with Crippen LogP contribution in [0.2, 0.25) is 0 Å². The summed E-state index contributed by atoms with van der Waals surface area (Å²) in [6, 6.07) is 57.6. The van der Waals surface area contributed by atoms with Gasteiger partial charge in [-0.15, -0.1) is 0 Å². The molecule has 0 atom stereocenters. The van der Waals surface area contributed by atoms with Crippen molar-refractivity contribution < 1.29 is 0 Å². The fraction of sp³-hybridized carbons (Fsp3) is 0. The van der Waals surface area contributed by atoms with E-state index in [9.17, 15) is 0 Å². The predicted molar refractivity (Wildman–Crippen MR) is 199 cm³/mol. The topological polar surface area (TPSA) is 0 Å². The van der Waals surface area contributed by atoms with E-state index in [1.165, 1.54) is 74.3 Å². The third-order valence-electron chi connectivity index (χ3n) is 8.39.